The van der Waals surface area contributed by atoms with Gasteiger partial charge in [0.05, 0.1) is 6.10 Å². The third kappa shape index (κ3) is 8.35. The molecule has 4 nitrogen and oxygen atoms in total. The van der Waals surface area contributed by atoms with Crippen molar-refractivity contribution in [3.05, 3.63) is 35.1 Å². The number of amides is 1. The molecular formula is C26H43NO3Si. The van der Waals surface area contributed by atoms with Crippen molar-refractivity contribution in [2.45, 2.75) is 99.1 Å². The van der Waals surface area contributed by atoms with Gasteiger partial charge in [0.2, 0.25) is 0 Å². The normalized spacial score (nSPS) is 21.0. The van der Waals surface area contributed by atoms with Gasteiger partial charge in [0.1, 0.15) is 13.8 Å². The Hall–Kier alpha value is -1.77. The number of aliphatic hydroxyl groups is 1. The first-order valence-electron chi connectivity index (χ1n) is 11.4. The maximum absolute atomic E-state index is 12.9. The Morgan fingerprint density at radius 1 is 1.23 bits per heavy atom. The monoisotopic (exact) mass is 445 g/mol. The standard InChI is InChI=1S/C26H43NO3Si/c1-17(2)22-15-23(24(28)14-20(7)12-13-31(9,10)11)21(8)25(16-22)30-26(29)27(18(3)4)19(5)6/h14,18-19,22-24,28H,1,15-16H2,2-11H3/b20-14+/t22-,23+,24-/m1/s1. The summed E-state index contributed by atoms with van der Waals surface area (Å²) in [5, 5.41) is 11.0. The van der Waals surface area contributed by atoms with E-state index < -0.39 is 14.2 Å². The van der Waals surface area contributed by atoms with E-state index >= 15 is 0 Å². The molecule has 1 amide bonds. The second-order valence-electron chi connectivity index (χ2n) is 10.5. The first-order valence-corrected chi connectivity index (χ1v) is 14.9. The number of carbonyl (C=O) groups excluding carboxylic acids is 1. The molecule has 0 saturated carbocycles. The third-order valence-corrected chi connectivity index (χ3v) is 6.54. The largest absolute Gasteiger partial charge is 0.415 e. The van der Waals surface area contributed by atoms with E-state index in [1.165, 1.54) is 0 Å². The Balaban J connectivity index is 3.23. The molecule has 0 aliphatic heterocycles. The minimum absolute atomic E-state index is 0.0471. The zero-order valence-corrected chi connectivity index (χ0v) is 22.3. The van der Waals surface area contributed by atoms with Crippen LogP contribution in [0.15, 0.2) is 35.1 Å². The molecule has 5 heteroatoms. The fraction of sp³-hybridized carbons (Fsp3) is 0.654. The molecule has 1 aliphatic rings. The van der Waals surface area contributed by atoms with Crippen LogP contribution in [0, 0.1) is 23.3 Å². The Morgan fingerprint density at radius 3 is 2.23 bits per heavy atom. The topological polar surface area (TPSA) is 49.8 Å². The molecule has 1 rings (SSSR count). The van der Waals surface area contributed by atoms with Crippen molar-refractivity contribution < 1.29 is 14.6 Å². The molecule has 174 valence electrons. The predicted molar refractivity (Wildman–Crippen MR) is 133 cm³/mol. The molecule has 0 spiro atoms. The Kier molecular flexibility index (Phi) is 9.85. The molecule has 1 N–H and O–H groups in total. The van der Waals surface area contributed by atoms with Crippen LogP contribution >= 0.6 is 0 Å². The average molecular weight is 446 g/mol. The lowest BCUT2D eigenvalue weighted by atomic mass is 9.75. The minimum atomic E-state index is -1.48. The van der Waals surface area contributed by atoms with Crippen LogP contribution in [-0.2, 0) is 4.74 Å². The van der Waals surface area contributed by atoms with Gasteiger partial charge in [0, 0.05) is 24.4 Å². The summed E-state index contributed by atoms with van der Waals surface area (Å²) < 4.78 is 5.92. The van der Waals surface area contributed by atoms with E-state index in [1.807, 2.05) is 54.5 Å². The second kappa shape index (κ2) is 11.2. The minimum Gasteiger partial charge on any atom is -0.415 e. The molecular weight excluding hydrogens is 402 g/mol. The van der Waals surface area contributed by atoms with E-state index in [0.29, 0.717) is 12.2 Å². The van der Waals surface area contributed by atoms with Crippen LogP contribution in [0.3, 0.4) is 0 Å². The second-order valence-corrected chi connectivity index (χ2v) is 15.2. The molecule has 0 aromatic rings. The lowest BCUT2D eigenvalue weighted by Crippen LogP contribution is -2.42. The van der Waals surface area contributed by atoms with Crippen LogP contribution in [0.4, 0.5) is 4.79 Å². The number of hydrogen-bond acceptors (Lipinski definition) is 3. The summed E-state index contributed by atoms with van der Waals surface area (Å²) in [6.45, 7) is 24.6. The summed E-state index contributed by atoms with van der Waals surface area (Å²) >= 11 is 0. The predicted octanol–water partition coefficient (Wildman–Crippen LogP) is 6.31. The first kappa shape index (κ1) is 27.3. The summed E-state index contributed by atoms with van der Waals surface area (Å²) in [6, 6.07) is 0.0942. The van der Waals surface area contributed by atoms with Gasteiger partial charge in [-0.1, -0.05) is 37.7 Å². The van der Waals surface area contributed by atoms with Gasteiger partial charge in [-0.3, -0.25) is 0 Å². The van der Waals surface area contributed by atoms with Gasteiger partial charge in [-0.2, -0.15) is 0 Å². The number of carbonyl (C=O) groups is 1. The Labute approximate surface area is 191 Å². The zero-order chi connectivity index (χ0) is 24.1. The van der Waals surface area contributed by atoms with Crippen molar-refractivity contribution in [3.8, 4) is 11.5 Å². The molecule has 31 heavy (non-hydrogen) atoms. The highest BCUT2D eigenvalue weighted by atomic mass is 28.3. The van der Waals surface area contributed by atoms with Crippen molar-refractivity contribution in [3.63, 3.8) is 0 Å². The molecule has 0 saturated heterocycles. The number of hydrogen-bond donors (Lipinski definition) is 1. The summed E-state index contributed by atoms with van der Waals surface area (Å²) in [7, 11) is -1.48. The molecule has 0 fully saturated rings. The Bertz CT molecular complexity index is 782. The van der Waals surface area contributed by atoms with E-state index in [0.717, 1.165) is 23.1 Å². The fourth-order valence-corrected chi connectivity index (χ4v) is 4.50. The molecule has 3 atom stereocenters. The van der Waals surface area contributed by atoms with Gasteiger partial charge in [0.25, 0.3) is 0 Å². The van der Waals surface area contributed by atoms with Crippen molar-refractivity contribution in [1.29, 1.82) is 0 Å². The molecule has 0 aromatic carbocycles. The van der Waals surface area contributed by atoms with Gasteiger partial charge in [-0.05, 0) is 78.0 Å². The van der Waals surface area contributed by atoms with Crippen LogP contribution in [0.25, 0.3) is 0 Å². The summed E-state index contributed by atoms with van der Waals surface area (Å²) in [5.41, 5.74) is 6.21. The molecule has 0 aromatic heterocycles. The molecule has 0 heterocycles. The van der Waals surface area contributed by atoms with Crippen LogP contribution in [0.1, 0.15) is 61.3 Å². The lowest BCUT2D eigenvalue weighted by Gasteiger charge is -2.36. The maximum Gasteiger partial charge on any atom is 0.415 e. The van der Waals surface area contributed by atoms with E-state index in [4.69, 9.17) is 4.74 Å². The van der Waals surface area contributed by atoms with Gasteiger partial charge >= 0.3 is 6.09 Å². The zero-order valence-electron chi connectivity index (χ0n) is 21.3. The van der Waals surface area contributed by atoms with Crippen LogP contribution in [0.5, 0.6) is 0 Å². The van der Waals surface area contributed by atoms with Crippen molar-refractivity contribution in [1.82, 2.24) is 4.90 Å². The van der Waals surface area contributed by atoms with Crippen LogP contribution < -0.4 is 0 Å². The van der Waals surface area contributed by atoms with Crippen molar-refractivity contribution >= 4 is 14.2 Å². The SMILES string of the molecule is C=C(C)[C@H]1CC(OC(=O)N(C(C)C)C(C)C)=C(C)[C@@H]([C@H](O)/C=C(\C)C#C[Si](C)(C)C)C1. The summed E-state index contributed by atoms with van der Waals surface area (Å²) in [6.07, 6.45) is 2.25. The first-order chi connectivity index (χ1) is 14.1. The van der Waals surface area contributed by atoms with Gasteiger partial charge in [-0.25, -0.2) is 4.79 Å². The molecule has 0 radical (unpaired) electrons. The maximum atomic E-state index is 12.9. The van der Waals surface area contributed by atoms with Crippen LogP contribution in [-0.4, -0.2) is 42.4 Å². The molecule has 0 unspecified atom stereocenters. The van der Waals surface area contributed by atoms with Crippen molar-refractivity contribution in [2.75, 3.05) is 0 Å². The Morgan fingerprint density at radius 2 is 1.77 bits per heavy atom. The van der Waals surface area contributed by atoms with Gasteiger partial charge in [0.15, 0.2) is 0 Å². The fourth-order valence-electron chi connectivity index (χ4n) is 3.93. The van der Waals surface area contributed by atoms with Crippen molar-refractivity contribution in [2.24, 2.45) is 11.8 Å². The highest BCUT2D eigenvalue weighted by molar-refractivity contribution is 6.83. The smallest absolute Gasteiger partial charge is 0.415 e. The quantitative estimate of drug-likeness (QED) is 0.296. The van der Waals surface area contributed by atoms with Gasteiger partial charge in [-0.15, -0.1) is 5.54 Å². The molecule has 1 aliphatic carbocycles. The van der Waals surface area contributed by atoms with E-state index in [2.05, 4.69) is 37.7 Å². The highest BCUT2D eigenvalue weighted by Gasteiger charge is 2.34. The highest BCUT2D eigenvalue weighted by Crippen LogP contribution is 2.40. The summed E-state index contributed by atoms with van der Waals surface area (Å²) in [5.74, 6) is 3.91. The number of nitrogens with zero attached hydrogens (tertiary/aromatic N) is 1. The third-order valence-electron chi connectivity index (χ3n) is 5.66. The number of rotatable bonds is 6. The number of aliphatic hydroxyl groups excluding tert-OH is 1. The van der Waals surface area contributed by atoms with E-state index in [9.17, 15) is 9.90 Å². The van der Waals surface area contributed by atoms with Gasteiger partial charge < -0.3 is 14.7 Å². The summed E-state index contributed by atoms with van der Waals surface area (Å²) in [4.78, 5) is 14.7. The number of ether oxygens (including phenoxy) is 1. The average Bonchev–Trinajstić information content (AvgIpc) is 2.60. The van der Waals surface area contributed by atoms with E-state index in [-0.39, 0.29) is 30.0 Å². The van der Waals surface area contributed by atoms with Crippen LogP contribution in [0.2, 0.25) is 19.6 Å². The number of allylic oxidation sites excluding steroid dienone is 3. The lowest BCUT2D eigenvalue weighted by molar-refractivity contribution is 0.0875. The van der Waals surface area contributed by atoms with E-state index in [1.54, 1.807) is 4.90 Å². The molecule has 0 bridgehead atoms.